The molecule has 0 spiro atoms. The Hall–Kier alpha value is -1.98. The zero-order chi connectivity index (χ0) is 18.4. The van der Waals surface area contributed by atoms with Crippen molar-refractivity contribution in [3.63, 3.8) is 0 Å². The van der Waals surface area contributed by atoms with Crippen molar-refractivity contribution in [3.05, 3.63) is 40.6 Å². The minimum atomic E-state index is 0.121. The van der Waals surface area contributed by atoms with Crippen LogP contribution in [0.15, 0.2) is 18.2 Å². The first-order chi connectivity index (χ1) is 12.4. The van der Waals surface area contributed by atoms with Crippen molar-refractivity contribution in [3.8, 4) is 0 Å². The number of fused-ring (bicyclic) bond motifs is 4. The monoisotopic (exact) mass is 353 g/mol. The minimum absolute atomic E-state index is 0.121. The summed E-state index contributed by atoms with van der Waals surface area (Å²) in [5.41, 5.74) is 4.98. The minimum Gasteiger partial charge on any atom is -0.379 e. The lowest BCUT2D eigenvalue weighted by Crippen LogP contribution is -2.44. The van der Waals surface area contributed by atoms with Gasteiger partial charge < -0.3 is 9.64 Å². The van der Waals surface area contributed by atoms with Crippen molar-refractivity contribution in [1.82, 2.24) is 14.8 Å². The van der Waals surface area contributed by atoms with Crippen molar-refractivity contribution in [2.24, 2.45) is 5.92 Å². The van der Waals surface area contributed by atoms with Gasteiger partial charge in [0.05, 0.1) is 30.3 Å². The van der Waals surface area contributed by atoms with E-state index in [2.05, 4.69) is 31.9 Å². The summed E-state index contributed by atoms with van der Waals surface area (Å²) >= 11 is 0. The van der Waals surface area contributed by atoms with Gasteiger partial charge in [0.1, 0.15) is 0 Å². The third-order valence-electron chi connectivity index (χ3n) is 5.89. The van der Waals surface area contributed by atoms with Gasteiger partial charge in [-0.15, -0.1) is 0 Å². The topological polar surface area (TPSA) is 45.7 Å². The molecule has 5 nitrogen and oxygen atoms in total. The molecule has 2 atom stereocenters. The number of pyridine rings is 1. The Kier molecular flexibility index (Phi) is 4.45. The van der Waals surface area contributed by atoms with Crippen LogP contribution in [0.25, 0.3) is 10.9 Å². The van der Waals surface area contributed by atoms with Gasteiger partial charge in [-0.25, -0.2) is 0 Å². The highest BCUT2D eigenvalue weighted by Gasteiger charge is 2.34. The number of aryl methyl sites for hydroxylation is 3. The van der Waals surface area contributed by atoms with E-state index in [1.807, 2.05) is 24.0 Å². The highest BCUT2D eigenvalue weighted by Crippen LogP contribution is 2.27. The second kappa shape index (κ2) is 6.63. The lowest BCUT2D eigenvalue weighted by molar-refractivity contribution is 0.0435. The van der Waals surface area contributed by atoms with Gasteiger partial charge in [0.2, 0.25) is 0 Å². The summed E-state index contributed by atoms with van der Waals surface area (Å²) in [4.78, 5) is 22.6. The maximum absolute atomic E-state index is 13.5. The number of benzene rings is 1. The van der Waals surface area contributed by atoms with E-state index in [-0.39, 0.29) is 11.9 Å². The third-order valence-corrected chi connectivity index (χ3v) is 5.89. The summed E-state index contributed by atoms with van der Waals surface area (Å²) in [6.45, 7) is 10.0. The molecule has 0 N–H and O–H groups in total. The van der Waals surface area contributed by atoms with Gasteiger partial charge in [-0.2, -0.15) is 0 Å². The molecular weight excluding hydrogens is 326 g/mol. The maximum Gasteiger partial charge on any atom is 0.254 e. The Balaban J connectivity index is 1.76. The van der Waals surface area contributed by atoms with E-state index in [9.17, 15) is 4.79 Å². The molecule has 0 saturated carbocycles. The summed E-state index contributed by atoms with van der Waals surface area (Å²) in [6, 6.07) is 6.35. The summed E-state index contributed by atoms with van der Waals surface area (Å²) in [5, 5.41) is 0.961. The lowest BCUT2D eigenvalue weighted by atomic mass is 10.00. The Morgan fingerprint density at radius 2 is 1.96 bits per heavy atom. The number of ether oxygens (including phenoxy) is 1. The molecule has 2 fully saturated rings. The van der Waals surface area contributed by atoms with E-state index in [1.165, 1.54) is 5.56 Å². The zero-order valence-electron chi connectivity index (χ0n) is 16.1. The van der Waals surface area contributed by atoms with Crippen LogP contribution in [0.3, 0.4) is 0 Å². The first-order valence-corrected chi connectivity index (χ1v) is 9.39. The number of nitrogens with zero attached hydrogens (tertiary/aromatic N) is 3. The predicted octanol–water partition coefficient (Wildman–Crippen LogP) is 2.56. The number of amides is 1. The first-order valence-electron chi connectivity index (χ1n) is 9.39. The number of carbonyl (C=O) groups excluding carboxylic acids is 1. The average Bonchev–Trinajstić information content (AvgIpc) is 2.86. The fraction of sp³-hybridized carbons (Fsp3) is 0.524. The van der Waals surface area contributed by atoms with Crippen LogP contribution in [0, 0.1) is 26.7 Å². The van der Waals surface area contributed by atoms with E-state index < -0.39 is 0 Å². The zero-order valence-corrected chi connectivity index (χ0v) is 16.1. The highest BCUT2D eigenvalue weighted by atomic mass is 16.5. The molecule has 1 amide bonds. The molecule has 138 valence electrons. The molecule has 0 aliphatic carbocycles. The predicted molar refractivity (Wildman–Crippen MR) is 103 cm³/mol. The van der Waals surface area contributed by atoms with Gasteiger partial charge >= 0.3 is 0 Å². The van der Waals surface area contributed by atoms with Crippen LogP contribution in [-0.4, -0.2) is 66.6 Å². The maximum atomic E-state index is 13.5. The van der Waals surface area contributed by atoms with Crippen LogP contribution in [0.2, 0.25) is 0 Å². The smallest absolute Gasteiger partial charge is 0.254 e. The molecule has 2 aliphatic rings. The fourth-order valence-electron chi connectivity index (χ4n) is 4.22. The third kappa shape index (κ3) is 2.99. The SMILES string of the molecule is Cc1cc(C(=O)N2C[C@@H]3COC[C@H](C2)N(C)C3)c2ccc(C)c(C)c2n1. The summed E-state index contributed by atoms with van der Waals surface area (Å²) < 4.78 is 5.79. The Bertz CT molecular complexity index is 864. The normalized spacial score (nSPS) is 23.9. The number of carbonyl (C=O) groups is 1. The second-order valence-electron chi connectivity index (χ2n) is 7.92. The number of hydrogen-bond donors (Lipinski definition) is 0. The van der Waals surface area contributed by atoms with Crippen LogP contribution in [0.4, 0.5) is 0 Å². The number of rotatable bonds is 1. The molecule has 2 aromatic rings. The highest BCUT2D eigenvalue weighted by molar-refractivity contribution is 6.07. The summed E-state index contributed by atoms with van der Waals surface area (Å²) in [5.74, 6) is 0.491. The van der Waals surface area contributed by atoms with Crippen molar-refractivity contribution >= 4 is 16.8 Å². The average molecular weight is 353 g/mol. The molecule has 2 bridgehead atoms. The largest absolute Gasteiger partial charge is 0.379 e. The second-order valence-corrected chi connectivity index (χ2v) is 7.92. The summed E-state index contributed by atoms with van der Waals surface area (Å²) in [6.07, 6.45) is 0. The molecular formula is C21H27N3O2. The summed E-state index contributed by atoms with van der Waals surface area (Å²) in [7, 11) is 2.14. The van der Waals surface area contributed by atoms with E-state index in [0.717, 1.165) is 54.0 Å². The van der Waals surface area contributed by atoms with Crippen LogP contribution in [0.5, 0.6) is 0 Å². The molecule has 3 heterocycles. The van der Waals surface area contributed by atoms with E-state index in [0.29, 0.717) is 12.5 Å². The molecule has 1 aromatic heterocycles. The first kappa shape index (κ1) is 17.4. The van der Waals surface area contributed by atoms with Gasteiger partial charge in [-0.05, 0) is 45.0 Å². The fourth-order valence-corrected chi connectivity index (χ4v) is 4.22. The van der Waals surface area contributed by atoms with Crippen molar-refractivity contribution in [2.75, 3.05) is 39.9 Å². The number of aromatic nitrogens is 1. The van der Waals surface area contributed by atoms with E-state index >= 15 is 0 Å². The molecule has 4 rings (SSSR count). The van der Waals surface area contributed by atoms with Crippen molar-refractivity contribution in [1.29, 1.82) is 0 Å². The van der Waals surface area contributed by atoms with E-state index in [1.54, 1.807) is 0 Å². The van der Waals surface area contributed by atoms with Crippen LogP contribution < -0.4 is 0 Å². The Labute approximate surface area is 154 Å². The standard InChI is InChI=1S/C21H27N3O2/c1-13-5-6-18-19(7-14(2)22-20(18)15(13)3)21(25)24-9-16-8-23(4)17(10-24)12-26-11-16/h5-7,16-17H,8-12H2,1-4H3/t16-,17+/m1/s1. The molecule has 0 radical (unpaired) electrons. The molecule has 2 saturated heterocycles. The van der Waals surface area contributed by atoms with Crippen molar-refractivity contribution in [2.45, 2.75) is 26.8 Å². The van der Waals surface area contributed by atoms with Gasteiger partial charge in [-0.1, -0.05) is 12.1 Å². The number of hydrogen-bond acceptors (Lipinski definition) is 4. The van der Waals surface area contributed by atoms with Crippen molar-refractivity contribution < 1.29 is 9.53 Å². The quantitative estimate of drug-likeness (QED) is 0.790. The van der Waals surface area contributed by atoms with Gasteiger partial charge in [0, 0.05) is 36.6 Å². The van der Waals surface area contributed by atoms with Crippen LogP contribution in [-0.2, 0) is 4.74 Å². The Morgan fingerprint density at radius 3 is 2.77 bits per heavy atom. The molecule has 26 heavy (non-hydrogen) atoms. The van der Waals surface area contributed by atoms with Gasteiger partial charge in [0.25, 0.3) is 5.91 Å². The molecule has 2 aliphatic heterocycles. The molecule has 0 unspecified atom stereocenters. The lowest BCUT2D eigenvalue weighted by Gasteiger charge is -2.30. The Morgan fingerprint density at radius 1 is 1.15 bits per heavy atom. The van der Waals surface area contributed by atoms with Crippen LogP contribution >= 0.6 is 0 Å². The molecule has 5 heteroatoms. The van der Waals surface area contributed by atoms with Crippen LogP contribution in [0.1, 0.15) is 27.2 Å². The van der Waals surface area contributed by atoms with Gasteiger partial charge in [-0.3, -0.25) is 14.7 Å². The van der Waals surface area contributed by atoms with Gasteiger partial charge in [0.15, 0.2) is 0 Å². The van der Waals surface area contributed by atoms with E-state index in [4.69, 9.17) is 9.72 Å². The number of likely N-dealkylation sites (N-methyl/N-ethyl adjacent to an activating group) is 1. The molecule has 1 aromatic carbocycles.